The Balaban J connectivity index is 1.36. The number of methoxy groups -OCH3 is 1. The lowest BCUT2D eigenvalue weighted by atomic mass is 9.84. The quantitative estimate of drug-likeness (QED) is 0.625. The Labute approximate surface area is 201 Å². The van der Waals surface area contributed by atoms with Crippen LogP contribution in [0.15, 0.2) is 36.4 Å². The molecule has 1 aromatic carbocycles. The first-order chi connectivity index (χ1) is 16.5. The molecule has 182 valence electrons. The molecule has 2 amide bonds. The van der Waals surface area contributed by atoms with Crippen molar-refractivity contribution in [1.29, 1.82) is 0 Å². The minimum absolute atomic E-state index is 0.0268. The Hall–Kier alpha value is -3.16. The van der Waals surface area contributed by atoms with Gasteiger partial charge >= 0.3 is 0 Å². The molecule has 4 rings (SSSR count). The summed E-state index contributed by atoms with van der Waals surface area (Å²) in [5.74, 6) is 1.87. The molecule has 0 N–H and O–H groups in total. The Kier molecular flexibility index (Phi) is 7.65. The first-order valence-corrected chi connectivity index (χ1v) is 12.3. The van der Waals surface area contributed by atoms with E-state index in [1.807, 2.05) is 55.1 Å². The number of carbonyl (C=O) groups excluding carboxylic acids is 2. The lowest BCUT2D eigenvalue weighted by molar-refractivity contribution is -0.146. The summed E-state index contributed by atoms with van der Waals surface area (Å²) in [4.78, 5) is 31.7. The van der Waals surface area contributed by atoms with E-state index in [0.29, 0.717) is 19.6 Å². The summed E-state index contributed by atoms with van der Waals surface area (Å²) in [6.07, 6.45) is 3.87. The van der Waals surface area contributed by atoms with Gasteiger partial charge in [0, 0.05) is 43.7 Å². The summed E-state index contributed by atoms with van der Waals surface area (Å²) in [6, 6.07) is 11.7. The maximum Gasteiger partial charge on any atom is 0.242 e. The van der Waals surface area contributed by atoms with Crippen LogP contribution in [-0.2, 0) is 9.59 Å². The predicted molar refractivity (Wildman–Crippen MR) is 132 cm³/mol. The van der Waals surface area contributed by atoms with Crippen LogP contribution >= 0.6 is 0 Å². The number of hydrogen-bond acceptors (Lipinski definition) is 6. The average Bonchev–Trinajstić information content (AvgIpc) is 3.07. The highest BCUT2D eigenvalue weighted by atomic mass is 16.5. The molecule has 0 spiro atoms. The monoisotopic (exact) mass is 465 g/mol. The van der Waals surface area contributed by atoms with Gasteiger partial charge in [0.2, 0.25) is 11.8 Å². The number of nitrogens with zero attached hydrogens (tertiary/aromatic N) is 5. The minimum Gasteiger partial charge on any atom is -0.497 e. The molecule has 0 radical (unpaired) electrons. The highest BCUT2D eigenvalue weighted by Gasteiger charge is 2.32. The van der Waals surface area contributed by atoms with E-state index in [-0.39, 0.29) is 30.3 Å². The van der Waals surface area contributed by atoms with Crippen LogP contribution < -0.4 is 9.64 Å². The molecule has 8 heteroatoms. The summed E-state index contributed by atoms with van der Waals surface area (Å²) in [5.41, 5.74) is 1.75. The third-order valence-electron chi connectivity index (χ3n) is 6.86. The highest BCUT2D eigenvalue weighted by molar-refractivity contribution is 5.86. The fourth-order valence-electron chi connectivity index (χ4n) is 4.48. The number of carbonyl (C=O) groups is 2. The van der Waals surface area contributed by atoms with Gasteiger partial charge in [0.15, 0.2) is 5.82 Å². The molecule has 34 heavy (non-hydrogen) atoms. The van der Waals surface area contributed by atoms with Gasteiger partial charge in [0.25, 0.3) is 0 Å². The van der Waals surface area contributed by atoms with Crippen molar-refractivity contribution in [3.8, 4) is 17.0 Å². The first-order valence-electron chi connectivity index (χ1n) is 12.3. The minimum atomic E-state index is 0.0268. The molecule has 2 heterocycles. The van der Waals surface area contributed by atoms with Crippen LogP contribution in [0.3, 0.4) is 0 Å². The van der Waals surface area contributed by atoms with E-state index in [2.05, 4.69) is 15.1 Å². The summed E-state index contributed by atoms with van der Waals surface area (Å²) in [7, 11) is 1.65. The smallest absolute Gasteiger partial charge is 0.242 e. The van der Waals surface area contributed by atoms with Crippen LogP contribution in [0.5, 0.6) is 5.75 Å². The van der Waals surface area contributed by atoms with E-state index in [1.165, 1.54) is 0 Å². The van der Waals surface area contributed by atoms with Gasteiger partial charge in [-0.2, -0.15) is 0 Å². The van der Waals surface area contributed by atoms with E-state index in [1.54, 1.807) is 12.0 Å². The fraction of sp³-hybridized carbons (Fsp3) is 0.538. The lowest BCUT2D eigenvalue weighted by Crippen LogP contribution is -2.49. The molecule has 8 nitrogen and oxygen atoms in total. The van der Waals surface area contributed by atoms with Crippen molar-refractivity contribution in [1.82, 2.24) is 20.0 Å². The summed E-state index contributed by atoms with van der Waals surface area (Å²) in [6.45, 7) is 6.95. The van der Waals surface area contributed by atoms with Gasteiger partial charge in [0.1, 0.15) is 5.75 Å². The fourth-order valence-corrected chi connectivity index (χ4v) is 4.48. The van der Waals surface area contributed by atoms with Crippen LogP contribution in [0, 0.1) is 5.92 Å². The maximum atomic E-state index is 13.1. The molecule has 1 aromatic heterocycles. The number of benzene rings is 1. The lowest BCUT2D eigenvalue weighted by Gasteiger charge is -2.35. The van der Waals surface area contributed by atoms with E-state index in [9.17, 15) is 9.59 Å². The number of aromatic nitrogens is 2. The molecule has 2 fully saturated rings. The van der Waals surface area contributed by atoms with Crippen molar-refractivity contribution in [2.24, 2.45) is 5.92 Å². The largest absolute Gasteiger partial charge is 0.497 e. The van der Waals surface area contributed by atoms with Crippen molar-refractivity contribution in [3.63, 3.8) is 0 Å². The highest BCUT2D eigenvalue weighted by Crippen LogP contribution is 2.29. The molecule has 1 saturated heterocycles. The molecule has 1 aliphatic carbocycles. The van der Waals surface area contributed by atoms with Gasteiger partial charge in [-0.15, -0.1) is 10.2 Å². The number of hydrogen-bond donors (Lipinski definition) is 0. The zero-order valence-corrected chi connectivity index (χ0v) is 20.4. The third-order valence-corrected chi connectivity index (χ3v) is 6.86. The van der Waals surface area contributed by atoms with E-state index >= 15 is 0 Å². The van der Waals surface area contributed by atoms with Crippen molar-refractivity contribution in [2.45, 2.75) is 45.6 Å². The van der Waals surface area contributed by atoms with E-state index in [4.69, 9.17) is 4.74 Å². The van der Waals surface area contributed by atoms with Crippen molar-refractivity contribution >= 4 is 17.6 Å². The number of rotatable bonds is 7. The van der Waals surface area contributed by atoms with E-state index in [0.717, 1.165) is 55.1 Å². The third kappa shape index (κ3) is 5.48. The Bertz CT molecular complexity index is 990. The second-order valence-electron chi connectivity index (χ2n) is 9.42. The SMILES string of the molecule is COc1cccc(-c2ccc(N3CCCN(C(=O)CN(C(=O)C4CCC4)C(C)C)CC3)nn2)c1. The van der Waals surface area contributed by atoms with Gasteiger partial charge in [-0.3, -0.25) is 9.59 Å². The Morgan fingerprint density at radius 1 is 1.06 bits per heavy atom. The van der Waals surface area contributed by atoms with Gasteiger partial charge in [-0.05, 0) is 57.4 Å². The summed E-state index contributed by atoms with van der Waals surface area (Å²) in [5, 5.41) is 8.88. The molecule has 0 unspecified atom stereocenters. The Morgan fingerprint density at radius 2 is 1.88 bits per heavy atom. The molecule has 1 saturated carbocycles. The second kappa shape index (κ2) is 10.8. The van der Waals surface area contributed by atoms with Crippen LogP contribution in [-0.4, -0.2) is 77.7 Å². The molecular formula is C26H35N5O3. The molecule has 2 aromatic rings. The standard InChI is InChI=1S/C26H35N5O3/c1-19(2)31(26(33)20-7-4-8-20)18-25(32)30-14-6-13-29(15-16-30)24-12-11-23(27-28-24)21-9-5-10-22(17-21)34-3/h5,9-12,17,19-20H,4,6-8,13-16,18H2,1-3H3. The van der Waals surface area contributed by atoms with Gasteiger partial charge < -0.3 is 19.4 Å². The van der Waals surface area contributed by atoms with E-state index < -0.39 is 0 Å². The zero-order chi connectivity index (χ0) is 24.1. The molecular weight excluding hydrogens is 430 g/mol. The molecule has 0 bridgehead atoms. The Morgan fingerprint density at radius 3 is 2.53 bits per heavy atom. The topological polar surface area (TPSA) is 78.9 Å². The first kappa shape index (κ1) is 24.0. The number of amides is 2. The van der Waals surface area contributed by atoms with Gasteiger partial charge in [-0.1, -0.05) is 18.6 Å². The van der Waals surface area contributed by atoms with Crippen molar-refractivity contribution < 1.29 is 14.3 Å². The van der Waals surface area contributed by atoms with Gasteiger partial charge in [0.05, 0.1) is 19.3 Å². The molecule has 0 atom stereocenters. The summed E-state index contributed by atoms with van der Waals surface area (Å²) < 4.78 is 5.30. The van der Waals surface area contributed by atoms with Crippen LogP contribution in [0.1, 0.15) is 39.5 Å². The van der Waals surface area contributed by atoms with Crippen LogP contribution in [0.4, 0.5) is 5.82 Å². The van der Waals surface area contributed by atoms with Crippen molar-refractivity contribution in [3.05, 3.63) is 36.4 Å². The number of anilines is 1. The van der Waals surface area contributed by atoms with Crippen molar-refractivity contribution in [2.75, 3.05) is 44.7 Å². The normalized spacial score (nSPS) is 16.7. The average molecular weight is 466 g/mol. The zero-order valence-electron chi connectivity index (χ0n) is 20.4. The maximum absolute atomic E-state index is 13.1. The second-order valence-corrected chi connectivity index (χ2v) is 9.42. The van der Waals surface area contributed by atoms with Gasteiger partial charge in [-0.25, -0.2) is 0 Å². The van der Waals surface area contributed by atoms with Crippen LogP contribution in [0.2, 0.25) is 0 Å². The number of ether oxygens (including phenoxy) is 1. The predicted octanol–water partition coefficient (Wildman–Crippen LogP) is 3.23. The molecule has 1 aliphatic heterocycles. The van der Waals surface area contributed by atoms with Crippen LogP contribution in [0.25, 0.3) is 11.3 Å². The molecule has 2 aliphatic rings. The summed E-state index contributed by atoms with van der Waals surface area (Å²) >= 11 is 0.